The largest absolute Gasteiger partial charge is 0.493 e. The van der Waals surface area contributed by atoms with Crippen molar-refractivity contribution in [1.82, 2.24) is 0 Å². The van der Waals surface area contributed by atoms with Gasteiger partial charge in [-0.3, -0.25) is 4.79 Å². The summed E-state index contributed by atoms with van der Waals surface area (Å²) in [6.07, 6.45) is 2.14. The third-order valence-corrected chi connectivity index (χ3v) is 4.94. The fourth-order valence-corrected chi connectivity index (χ4v) is 3.34. The molecule has 8 heteroatoms. The van der Waals surface area contributed by atoms with Gasteiger partial charge >= 0.3 is 5.97 Å². The van der Waals surface area contributed by atoms with Crippen molar-refractivity contribution >= 4 is 5.97 Å². The summed E-state index contributed by atoms with van der Waals surface area (Å²) in [4.78, 5) is 12.2. The lowest BCUT2D eigenvalue weighted by Crippen LogP contribution is -2.08. The number of methoxy groups -OCH3 is 6. The van der Waals surface area contributed by atoms with Crippen molar-refractivity contribution in [3.63, 3.8) is 0 Å². The van der Waals surface area contributed by atoms with Crippen LogP contribution in [0.15, 0.2) is 24.3 Å². The molecule has 0 saturated carbocycles. The first kappa shape index (κ1) is 25.0. The highest BCUT2D eigenvalue weighted by Crippen LogP contribution is 2.39. The zero-order valence-electron chi connectivity index (χ0n) is 19.6. The maximum absolute atomic E-state index is 12.2. The number of benzene rings is 2. The zero-order valence-corrected chi connectivity index (χ0v) is 19.6. The minimum absolute atomic E-state index is 0.253. The van der Waals surface area contributed by atoms with Gasteiger partial charge in [0.2, 0.25) is 11.5 Å². The number of carbonyl (C=O) groups excluding carboxylic acids is 1. The van der Waals surface area contributed by atoms with E-state index >= 15 is 0 Å². The van der Waals surface area contributed by atoms with Crippen molar-refractivity contribution in [2.45, 2.75) is 25.7 Å². The Hall–Kier alpha value is -3.29. The summed E-state index contributed by atoms with van der Waals surface area (Å²) in [5, 5.41) is 0. The van der Waals surface area contributed by atoms with Crippen LogP contribution >= 0.6 is 0 Å². The minimum atomic E-state index is -0.261. The Bertz CT molecular complexity index is 844. The second-order valence-corrected chi connectivity index (χ2v) is 6.89. The van der Waals surface area contributed by atoms with Crippen molar-refractivity contribution in [2.24, 2.45) is 0 Å². The fourth-order valence-electron chi connectivity index (χ4n) is 3.34. The van der Waals surface area contributed by atoms with E-state index in [0.29, 0.717) is 60.4 Å². The highest BCUT2D eigenvalue weighted by atomic mass is 16.5. The molecule has 8 nitrogen and oxygen atoms in total. The quantitative estimate of drug-likeness (QED) is 0.338. The number of hydrogen-bond donors (Lipinski definition) is 0. The molecule has 0 aliphatic heterocycles. The lowest BCUT2D eigenvalue weighted by atomic mass is 10.1. The first-order valence-corrected chi connectivity index (χ1v) is 10.2. The van der Waals surface area contributed by atoms with Crippen LogP contribution in [-0.4, -0.2) is 55.2 Å². The van der Waals surface area contributed by atoms with Crippen molar-refractivity contribution < 1.29 is 38.0 Å². The Morgan fingerprint density at radius 1 is 0.625 bits per heavy atom. The molecule has 0 spiro atoms. The van der Waals surface area contributed by atoms with Crippen molar-refractivity contribution in [3.8, 4) is 34.5 Å². The van der Waals surface area contributed by atoms with Crippen LogP contribution in [0, 0.1) is 0 Å². The standard InChI is InChI=1S/C24H32O8/c1-26-18-12-16(13-19(27-2)23(18)30-5)8-7-11-32-22(25)10-9-17-14-20(28-3)24(31-6)21(15-17)29-4/h12-15H,7-11H2,1-6H3. The first-order valence-electron chi connectivity index (χ1n) is 10.2. The van der Waals surface area contributed by atoms with E-state index < -0.39 is 0 Å². The Balaban J connectivity index is 1.86. The van der Waals surface area contributed by atoms with Gasteiger partial charge in [-0.05, 0) is 54.7 Å². The van der Waals surface area contributed by atoms with Gasteiger partial charge in [-0.2, -0.15) is 0 Å². The van der Waals surface area contributed by atoms with E-state index in [-0.39, 0.29) is 12.4 Å². The van der Waals surface area contributed by atoms with Gasteiger partial charge in [0.1, 0.15) is 0 Å². The topological polar surface area (TPSA) is 81.7 Å². The molecule has 0 fully saturated rings. The molecule has 176 valence electrons. The van der Waals surface area contributed by atoms with E-state index in [1.54, 1.807) is 42.7 Å². The summed E-state index contributed by atoms with van der Waals surface area (Å²) in [5.74, 6) is 3.13. The molecule has 0 bridgehead atoms. The summed E-state index contributed by atoms with van der Waals surface area (Å²) in [6.45, 7) is 0.324. The molecule has 2 aromatic carbocycles. The number of aryl methyl sites for hydroxylation is 2. The SMILES string of the molecule is COc1cc(CCCOC(=O)CCc2cc(OC)c(OC)c(OC)c2)cc(OC)c1OC. The van der Waals surface area contributed by atoms with E-state index in [1.165, 1.54) is 0 Å². The van der Waals surface area contributed by atoms with Crippen LogP contribution in [0.3, 0.4) is 0 Å². The normalized spacial score (nSPS) is 10.3. The summed E-state index contributed by atoms with van der Waals surface area (Å²) >= 11 is 0. The summed E-state index contributed by atoms with van der Waals surface area (Å²) in [6, 6.07) is 7.46. The highest BCUT2D eigenvalue weighted by Gasteiger charge is 2.15. The highest BCUT2D eigenvalue weighted by molar-refractivity contribution is 5.70. The molecule has 2 aromatic rings. The van der Waals surface area contributed by atoms with Crippen molar-refractivity contribution in [2.75, 3.05) is 49.3 Å². The van der Waals surface area contributed by atoms with Crippen LogP contribution in [0.2, 0.25) is 0 Å². The van der Waals surface area contributed by atoms with Gasteiger partial charge < -0.3 is 33.2 Å². The van der Waals surface area contributed by atoms with E-state index in [2.05, 4.69) is 0 Å². The lowest BCUT2D eigenvalue weighted by Gasteiger charge is -2.14. The maximum atomic E-state index is 12.2. The molecule has 0 aliphatic rings. The molecule has 0 unspecified atom stereocenters. The van der Waals surface area contributed by atoms with Gasteiger partial charge in [0.25, 0.3) is 0 Å². The van der Waals surface area contributed by atoms with E-state index in [0.717, 1.165) is 11.1 Å². The molecule has 0 radical (unpaired) electrons. The van der Waals surface area contributed by atoms with Gasteiger partial charge in [-0.1, -0.05) is 0 Å². The molecule has 0 N–H and O–H groups in total. The number of rotatable bonds is 13. The molecule has 0 saturated heterocycles. The average molecular weight is 449 g/mol. The van der Waals surface area contributed by atoms with Crippen LogP contribution in [-0.2, 0) is 22.4 Å². The average Bonchev–Trinajstić information content (AvgIpc) is 2.83. The van der Waals surface area contributed by atoms with Gasteiger partial charge in [0, 0.05) is 6.42 Å². The zero-order chi connectivity index (χ0) is 23.5. The number of esters is 1. The van der Waals surface area contributed by atoms with Crippen molar-refractivity contribution in [3.05, 3.63) is 35.4 Å². The molecule has 0 aliphatic carbocycles. The van der Waals surface area contributed by atoms with Crippen LogP contribution in [0.1, 0.15) is 24.0 Å². The molecule has 0 aromatic heterocycles. The molecule has 2 rings (SSSR count). The summed E-state index contributed by atoms with van der Waals surface area (Å²) in [5.41, 5.74) is 1.90. The second-order valence-electron chi connectivity index (χ2n) is 6.89. The maximum Gasteiger partial charge on any atom is 0.306 e. The number of hydrogen-bond acceptors (Lipinski definition) is 8. The Morgan fingerprint density at radius 2 is 1.03 bits per heavy atom. The van der Waals surface area contributed by atoms with Crippen LogP contribution in [0.5, 0.6) is 34.5 Å². The van der Waals surface area contributed by atoms with Gasteiger partial charge in [0.05, 0.1) is 49.3 Å². The molecule has 32 heavy (non-hydrogen) atoms. The van der Waals surface area contributed by atoms with E-state index in [1.807, 2.05) is 24.3 Å². The summed E-state index contributed by atoms with van der Waals surface area (Å²) < 4.78 is 37.5. The monoisotopic (exact) mass is 448 g/mol. The number of ether oxygens (including phenoxy) is 7. The Morgan fingerprint density at radius 3 is 1.41 bits per heavy atom. The Kier molecular flexibility index (Phi) is 9.78. The van der Waals surface area contributed by atoms with Crippen molar-refractivity contribution in [1.29, 1.82) is 0 Å². The predicted octanol–water partition coefficient (Wildman–Crippen LogP) is 3.85. The number of carbonyl (C=O) groups is 1. The smallest absolute Gasteiger partial charge is 0.306 e. The van der Waals surface area contributed by atoms with Gasteiger partial charge in [0.15, 0.2) is 23.0 Å². The second kappa shape index (κ2) is 12.5. The lowest BCUT2D eigenvalue weighted by molar-refractivity contribution is -0.143. The van der Waals surface area contributed by atoms with E-state index in [9.17, 15) is 4.79 Å². The van der Waals surface area contributed by atoms with Crippen LogP contribution in [0.25, 0.3) is 0 Å². The molecule has 0 amide bonds. The predicted molar refractivity (Wildman–Crippen MR) is 120 cm³/mol. The Labute approximate surface area is 189 Å². The van der Waals surface area contributed by atoms with Crippen LogP contribution < -0.4 is 28.4 Å². The molecule has 0 atom stereocenters. The first-order chi connectivity index (χ1) is 15.5. The van der Waals surface area contributed by atoms with E-state index in [4.69, 9.17) is 33.2 Å². The minimum Gasteiger partial charge on any atom is -0.493 e. The third kappa shape index (κ3) is 6.35. The molecular weight excluding hydrogens is 416 g/mol. The van der Waals surface area contributed by atoms with Gasteiger partial charge in [-0.15, -0.1) is 0 Å². The molecular formula is C24H32O8. The van der Waals surface area contributed by atoms with Crippen LogP contribution in [0.4, 0.5) is 0 Å². The molecule has 0 heterocycles. The van der Waals surface area contributed by atoms with Gasteiger partial charge in [-0.25, -0.2) is 0 Å². The summed E-state index contributed by atoms with van der Waals surface area (Å²) in [7, 11) is 9.40. The third-order valence-electron chi connectivity index (χ3n) is 4.94. The fraction of sp³-hybridized carbons (Fsp3) is 0.458.